The fourth-order valence-corrected chi connectivity index (χ4v) is 2.08. The number of hydrazine groups is 1. The quantitative estimate of drug-likeness (QED) is 0.502. The second-order valence-electron chi connectivity index (χ2n) is 4.55. The molecule has 0 aliphatic carbocycles. The Labute approximate surface area is 121 Å². The maximum absolute atomic E-state index is 12.9. The summed E-state index contributed by atoms with van der Waals surface area (Å²) in [5.74, 6) is 5.09. The molecule has 0 unspecified atom stereocenters. The summed E-state index contributed by atoms with van der Waals surface area (Å²) in [5.41, 5.74) is 4.05. The number of nitrogens with two attached hydrogens (primary N) is 1. The lowest BCUT2D eigenvalue weighted by Crippen LogP contribution is -2.19. The predicted molar refractivity (Wildman–Crippen MR) is 79.4 cm³/mol. The van der Waals surface area contributed by atoms with Crippen LogP contribution in [0, 0.1) is 15.9 Å². The molecule has 2 rings (SSSR count). The van der Waals surface area contributed by atoms with Crippen LogP contribution in [0.2, 0.25) is 0 Å². The minimum absolute atomic E-state index is 0.0810. The molecule has 3 N–H and O–H groups in total. The molecule has 0 saturated carbocycles. The number of nitro benzene ring substituents is 1. The van der Waals surface area contributed by atoms with Gasteiger partial charge in [-0.3, -0.25) is 16.0 Å². The number of nitrogen functional groups attached to an aromatic ring is 1. The number of nitro groups is 1. The van der Waals surface area contributed by atoms with Gasteiger partial charge in [0.25, 0.3) is 5.69 Å². The molecular formula is C14H15FN4O2. The summed E-state index contributed by atoms with van der Waals surface area (Å²) in [4.78, 5) is 12.3. The molecule has 6 nitrogen and oxygen atoms in total. The van der Waals surface area contributed by atoms with Crippen molar-refractivity contribution in [1.29, 1.82) is 0 Å². The van der Waals surface area contributed by atoms with Gasteiger partial charge in [0.2, 0.25) is 0 Å². The Morgan fingerprint density at radius 1 is 1.29 bits per heavy atom. The average molecular weight is 290 g/mol. The molecule has 7 heteroatoms. The first-order chi connectivity index (χ1) is 10.0. The lowest BCUT2D eigenvalue weighted by Gasteiger charge is -2.20. The third-order valence-corrected chi connectivity index (χ3v) is 3.14. The first-order valence-electron chi connectivity index (χ1n) is 6.22. The number of anilines is 2. The van der Waals surface area contributed by atoms with Crippen molar-refractivity contribution in [2.24, 2.45) is 5.84 Å². The van der Waals surface area contributed by atoms with Crippen molar-refractivity contribution in [1.82, 2.24) is 0 Å². The van der Waals surface area contributed by atoms with Gasteiger partial charge in [-0.25, -0.2) is 4.39 Å². The van der Waals surface area contributed by atoms with Gasteiger partial charge in [-0.05, 0) is 24.3 Å². The minimum atomic E-state index is -0.489. The zero-order valence-corrected chi connectivity index (χ0v) is 11.4. The zero-order chi connectivity index (χ0) is 15.4. The molecule has 21 heavy (non-hydrogen) atoms. The molecule has 0 amide bonds. The van der Waals surface area contributed by atoms with Gasteiger partial charge < -0.3 is 10.3 Å². The molecule has 2 aromatic rings. The van der Waals surface area contributed by atoms with E-state index in [1.807, 2.05) is 11.9 Å². The van der Waals surface area contributed by atoms with Crippen LogP contribution in [0.25, 0.3) is 0 Å². The van der Waals surface area contributed by atoms with Crippen molar-refractivity contribution in [3.05, 3.63) is 64.0 Å². The Kier molecular flexibility index (Phi) is 4.34. The molecule has 0 aliphatic heterocycles. The van der Waals surface area contributed by atoms with Gasteiger partial charge in [0.1, 0.15) is 11.5 Å². The van der Waals surface area contributed by atoms with Gasteiger partial charge in [-0.1, -0.05) is 12.1 Å². The Balaban J connectivity index is 2.28. The second-order valence-corrected chi connectivity index (χ2v) is 4.55. The molecule has 0 spiro atoms. The van der Waals surface area contributed by atoms with Crippen LogP contribution in [-0.2, 0) is 6.54 Å². The van der Waals surface area contributed by atoms with E-state index in [1.54, 1.807) is 24.3 Å². The molecule has 0 aromatic heterocycles. The van der Waals surface area contributed by atoms with Crippen LogP contribution in [0.3, 0.4) is 0 Å². The van der Waals surface area contributed by atoms with Crippen molar-refractivity contribution in [3.8, 4) is 0 Å². The van der Waals surface area contributed by atoms with Crippen molar-refractivity contribution in [2.45, 2.75) is 6.54 Å². The van der Waals surface area contributed by atoms with E-state index < -0.39 is 4.92 Å². The smallest absolute Gasteiger partial charge is 0.293 e. The van der Waals surface area contributed by atoms with Crippen LogP contribution >= 0.6 is 0 Å². The minimum Gasteiger partial charge on any atom is -0.370 e. The topological polar surface area (TPSA) is 84.4 Å². The molecule has 0 fully saturated rings. The van der Waals surface area contributed by atoms with Crippen LogP contribution in [0.4, 0.5) is 21.5 Å². The number of halogens is 1. The lowest BCUT2D eigenvalue weighted by molar-refractivity contribution is -0.384. The van der Waals surface area contributed by atoms with Gasteiger partial charge >= 0.3 is 0 Å². The average Bonchev–Trinajstić information content (AvgIpc) is 2.47. The first kappa shape index (κ1) is 14.7. The van der Waals surface area contributed by atoms with E-state index in [-0.39, 0.29) is 17.2 Å². The Morgan fingerprint density at radius 2 is 1.95 bits per heavy atom. The van der Waals surface area contributed by atoms with Crippen LogP contribution in [-0.4, -0.2) is 12.0 Å². The first-order valence-corrected chi connectivity index (χ1v) is 6.22. The highest BCUT2D eigenvalue weighted by Crippen LogP contribution is 2.29. The highest BCUT2D eigenvalue weighted by molar-refractivity contribution is 5.66. The largest absolute Gasteiger partial charge is 0.370 e. The monoisotopic (exact) mass is 290 g/mol. The molecular weight excluding hydrogens is 275 g/mol. The third-order valence-electron chi connectivity index (χ3n) is 3.14. The van der Waals surface area contributed by atoms with Crippen molar-refractivity contribution in [2.75, 3.05) is 17.4 Å². The number of hydrogen-bond acceptors (Lipinski definition) is 5. The molecule has 0 heterocycles. The zero-order valence-electron chi connectivity index (χ0n) is 11.4. The number of hydrogen-bond donors (Lipinski definition) is 2. The number of nitrogens with one attached hydrogen (secondary N) is 1. The molecule has 110 valence electrons. The van der Waals surface area contributed by atoms with Gasteiger partial charge in [0, 0.05) is 30.9 Å². The second kappa shape index (κ2) is 6.19. The van der Waals surface area contributed by atoms with Crippen LogP contribution in [0.15, 0.2) is 42.5 Å². The number of rotatable bonds is 5. The Bertz CT molecular complexity index is 646. The summed E-state index contributed by atoms with van der Waals surface area (Å²) in [6, 6.07) is 10.7. The molecule has 0 bridgehead atoms. The third kappa shape index (κ3) is 3.26. The summed E-state index contributed by atoms with van der Waals surface area (Å²) in [7, 11) is 1.81. The van der Waals surface area contributed by atoms with Gasteiger partial charge in [0.15, 0.2) is 0 Å². The molecule has 0 atom stereocenters. The summed E-state index contributed by atoms with van der Waals surface area (Å²) in [6.07, 6.45) is 0. The van der Waals surface area contributed by atoms with E-state index in [1.165, 1.54) is 18.2 Å². The van der Waals surface area contributed by atoms with E-state index in [0.29, 0.717) is 12.1 Å². The fourth-order valence-electron chi connectivity index (χ4n) is 2.08. The lowest BCUT2D eigenvalue weighted by atomic mass is 10.1. The summed E-state index contributed by atoms with van der Waals surface area (Å²) >= 11 is 0. The standard InChI is InChI=1S/C14H15FN4O2/c1-18(12-7-5-11(15)6-8-12)9-10-3-2-4-13(19(20)21)14(10)17-16/h2-8,17H,9,16H2,1H3. The summed E-state index contributed by atoms with van der Waals surface area (Å²) in [5, 5.41) is 11.0. The maximum atomic E-state index is 12.9. The van der Waals surface area contributed by atoms with Crippen molar-refractivity contribution < 1.29 is 9.31 Å². The van der Waals surface area contributed by atoms with E-state index in [4.69, 9.17) is 5.84 Å². The van der Waals surface area contributed by atoms with Gasteiger partial charge in [-0.2, -0.15) is 0 Å². The molecule has 2 aromatic carbocycles. The predicted octanol–water partition coefficient (Wildman–Crippen LogP) is 2.66. The Morgan fingerprint density at radius 3 is 2.52 bits per heavy atom. The maximum Gasteiger partial charge on any atom is 0.293 e. The summed E-state index contributed by atoms with van der Waals surface area (Å²) < 4.78 is 12.9. The SMILES string of the molecule is CN(Cc1cccc([N+](=O)[O-])c1NN)c1ccc(F)cc1. The van der Waals surface area contributed by atoms with Crippen molar-refractivity contribution in [3.63, 3.8) is 0 Å². The van der Waals surface area contributed by atoms with E-state index >= 15 is 0 Å². The highest BCUT2D eigenvalue weighted by atomic mass is 19.1. The Hall–Kier alpha value is -2.67. The van der Waals surface area contributed by atoms with Crippen LogP contribution in [0.1, 0.15) is 5.56 Å². The van der Waals surface area contributed by atoms with Gasteiger partial charge in [0.05, 0.1) is 4.92 Å². The van der Waals surface area contributed by atoms with E-state index in [0.717, 1.165) is 5.69 Å². The molecule has 0 radical (unpaired) electrons. The van der Waals surface area contributed by atoms with Gasteiger partial charge in [-0.15, -0.1) is 0 Å². The van der Waals surface area contributed by atoms with E-state index in [2.05, 4.69) is 5.43 Å². The molecule has 0 saturated heterocycles. The summed E-state index contributed by atoms with van der Waals surface area (Å²) in [6.45, 7) is 0.396. The highest BCUT2D eigenvalue weighted by Gasteiger charge is 2.17. The van der Waals surface area contributed by atoms with E-state index in [9.17, 15) is 14.5 Å². The molecule has 0 aliphatic rings. The fraction of sp³-hybridized carbons (Fsp3) is 0.143. The normalized spacial score (nSPS) is 10.2. The van der Waals surface area contributed by atoms with Crippen molar-refractivity contribution >= 4 is 17.1 Å². The van der Waals surface area contributed by atoms with Crippen LogP contribution < -0.4 is 16.2 Å². The number of nitrogens with zero attached hydrogens (tertiary/aromatic N) is 2. The van der Waals surface area contributed by atoms with Crippen LogP contribution in [0.5, 0.6) is 0 Å². The number of para-hydroxylation sites is 1. The number of benzene rings is 2.